The number of thioether (sulfide) groups is 1. The van der Waals surface area contributed by atoms with Crippen molar-refractivity contribution >= 4 is 41.0 Å². The molecule has 0 radical (unpaired) electrons. The van der Waals surface area contributed by atoms with Gasteiger partial charge in [0, 0.05) is 19.0 Å². The average Bonchev–Trinajstić information content (AvgIpc) is 2.58. The van der Waals surface area contributed by atoms with Gasteiger partial charge in [-0.2, -0.15) is 13.2 Å². The summed E-state index contributed by atoms with van der Waals surface area (Å²) in [4.78, 5) is 25.7. The summed E-state index contributed by atoms with van der Waals surface area (Å²) in [6, 6.07) is 5.05. The molecule has 3 amide bonds. The molecule has 28 heavy (non-hydrogen) atoms. The predicted molar refractivity (Wildman–Crippen MR) is 95.6 cm³/mol. The van der Waals surface area contributed by atoms with Gasteiger partial charge in [0.25, 0.3) is 5.91 Å². The van der Waals surface area contributed by atoms with E-state index >= 15 is 0 Å². The van der Waals surface area contributed by atoms with E-state index < -0.39 is 51.3 Å². The molecule has 0 unspecified atom stereocenters. The van der Waals surface area contributed by atoms with Crippen LogP contribution in [0.4, 0.5) is 32.4 Å². The summed E-state index contributed by atoms with van der Waals surface area (Å²) in [6.07, 6.45) is 0. The molecule has 4 nitrogen and oxygen atoms in total. The third kappa shape index (κ3) is 4.93. The van der Waals surface area contributed by atoms with Crippen molar-refractivity contribution in [3.8, 4) is 0 Å². The lowest BCUT2D eigenvalue weighted by molar-refractivity contribution is -0.0328. The van der Waals surface area contributed by atoms with Gasteiger partial charge in [0.2, 0.25) is 0 Å². The second kappa shape index (κ2) is 8.36. The molecule has 0 aliphatic heterocycles. The van der Waals surface area contributed by atoms with Gasteiger partial charge < -0.3 is 0 Å². The number of halogens is 6. The molecular weight excluding hydrogens is 427 g/mol. The van der Waals surface area contributed by atoms with Gasteiger partial charge in [0.1, 0.15) is 11.6 Å². The smallest absolute Gasteiger partial charge is 0.294 e. The fraction of sp³-hybridized carbons (Fsp3) is 0.176. The van der Waals surface area contributed by atoms with E-state index in [0.717, 1.165) is 32.3 Å². The summed E-state index contributed by atoms with van der Waals surface area (Å²) >= 11 is 5.29. The fourth-order valence-electron chi connectivity index (χ4n) is 2.24. The molecule has 2 aromatic carbocycles. The molecule has 0 spiro atoms. The number of imide groups is 1. The zero-order valence-corrected chi connectivity index (χ0v) is 15.9. The van der Waals surface area contributed by atoms with E-state index in [4.69, 9.17) is 11.6 Å². The van der Waals surface area contributed by atoms with Gasteiger partial charge in [0.15, 0.2) is 0 Å². The van der Waals surface area contributed by atoms with Crippen molar-refractivity contribution in [1.82, 2.24) is 4.90 Å². The molecule has 0 atom stereocenters. The van der Waals surface area contributed by atoms with Crippen LogP contribution >= 0.6 is 23.4 Å². The van der Waals surface area contributed by atoms with E-state index in [0.29, 0.717) is 15.9 Å². The highest BCUT2D eigenvalue weighted by Gasteiger charge is 2.31. The fourth-order valence-corrected chi connectivity index (χ4v) is 3.05. The molecule has 2 aromatic rings. The first-order valence-electron chi connectivity index (χ1n) is 7.47. The Morgan fingerprint density at radius 1 is 1.04 bits per heavy atom. The van der Waals surface area contributed by atoms with Crippen molar-refractivity contribution < 1.29 is 31.5 Å². The number of hydrogen-bond donors (Lipinski definition) is 0. The summed E-state index contributed by atoms with van der Waals surface area (Å²) in [5.74, 6) is -3.11. The van der Waals surface area contributed by atoms with Crippen molar-refractivity contribution in [2.75, 3.05) is 19.0 Å². The van der Waals surface area contributed by atoms with Gasteiger partial charge >= 0.3 is 11.5 Å². The highest BCUT2D eigenvalue weighted by atomic mass is 35.5. The van der Waals surface area contributed by atoms with Gasteiger partial charge in [-0.3, -0.25) is 14.6 Å². The maximum atomic E-state index is 14.2. The minimum atomic E-state index is -4.60. The topological polar surface area (TPSA) is 40.6 Å². The van der Waals surface area contributed by atoms with Crippen molar-refractivity contribution in [1.29, 1.82) is 0 Å². The van der Waals surface area contributed by atoms with Crippen LogP contribution in [0.15, 0.2) is 41.3 Å². The molecule has 0 bridgehead atoms. The SMILES string of the molecule is CN(C(=O)c1c(F)cccc1Cl)C(=O)N(C)c1ccc(SC(F)(F)F)cc1F. The largest absolute Gasteiger partial charge is 0.446 e. The number of carbonyl (C=O) groups is 2. The molecule has 0 N–H and O–H groups in total. The summed E-state index contributed by atoms with van der Waals surface area (Å²) in [6.45, 7) is 0. The Kier molecular flexibility index (Phi) is 6.56. The first kappa shape index (κ1) is 22.0. The Morgan fingerprint density at radius 2 is 1.68 bits per heavy atom. The number of carbonyl (C=O) groups excluding carboxylic acids is 2. The molecule has 0 aliphatic carbocycles. The van der Waals surface area contributed by atoms with Crippen LogP contribution in [-0.2, 0) is 0 Å². The Morgan fingerprint density at radius 3 is 2.21 bits per heavy atom. The van der Waals surface area contributed by atoms with Crippen molar-refractivity contribution in [3.63, 3.8) is 0 Å². The van der Waals surface area contributed by atoms with Crippen LogP contribution in [0.5, 0.6) is 0 Å². The lowest BCUT2D eigenvalue weighted by Crippen LogP contribution is -2.43. The Bertz CT molecular complexity index is 903. The molecule has 0 saturated carbocycles. The second-order valence-corrected chi connectivity index (χ2v) is 7.01. The van der Waals surface area contributed by atoms with Crippen molar-refractivity contribution in [3.05, 3.63) is 58.6 Å². The molecule has 0 saturated heterocycles. The van der Waals surface area contributed by atoms with E-state index in [2.05, 4.69) is 0 Å². The van der Waals surface area contributed by atoms with Crippen LogP contribution in [0.1, 0.15) is 10.4 Å². The van der Waals surface area contributed by atoms with Gasteiger partial charge in [-0.1, -0.05) is 17.7 Å². The summed E-state index contributed by atoms with van der Waals surface area (Å²) in [5.41, 5.74) is -5.50. The number of hydrogen-bond acceptors (Lipinski definition) is 3. The van der Waals surface area contributed by atoms with Gasteiger partial charge in [0.05, 0.1) is 16.3 Å². The first-order chi connectivity index (χ1) is 12.9. The minimum absolute atomic E-state index is 0.216. The summed E-state index contributed by atoms with van der Waals surface area (Å²) in [7, 11) is 2.15. The van der Waals surface area contributed by atoms with E-state index in [1.54, 1.807) is 0 Å². The molecule has 0 aromatic heterocycles. The first-order valence-corrected chi connectivity index (χ1v) is 8.67. The van der Waals surface area contributed by atoms with E-state index in [1.807, 2.05) is 0 Å². The van der Waals surface area contributed by atoms with Crippen molar-refractivity contribution in [2.24, 2.45) is 0 Å². The Labute approximate surface area is 165 Å². The number of nitrogens with zero attached hydrogens (tertiary/aromatic N) is 2. The standard InChI is InChI=1S/C17H12ClF5N2O2S/c1-24(13-7-6-9(8-12(13)20)28-17(21,22)23)16(27)25(2)15(26)14-10(18)4-3-5-11(14)19/h3-8H,1-2H3. The van der Waals surface area contributed by atoms with E-state index in [-0.39, 0.29) is 10.7 Å². The third-order valence-corrected chi connectivity index (χ3v) is 4.61. The van der Waals surface area contributed by atoms with Crippen LogP contribution in [0, 0.1) is 11.6 Å². The Balaban J connectivity index is 2.25. The molecule has 0 fully saturated rings. The average molecular weight is 439 g/mol. The van der Waals surface area contributed by atoms with Crippen LogP contribution in [0.25, 0.3) is 0 Å². The second-order valence-electron chi connectivity index (χ2n) is 5.46. The summed E-state index contributed by atoms with van der Waals surface area (Å²) < 4.78 is 65.2. The summed E-state index contributed by atoms with van der Waals surface area (Å²) in [5, 5.41) is -0.216. The zero-order valence-electron chi connectivity index (χ0n) is 14.4. The highest BCUT2D eigenvalue weighted by molar-refractivity contribution is 8.00. The molecule has 2 rings (SSSR count). The Hall–Kier alpha value is -2.33. The van der Waals surface area contributed by atoms with Crippen molar-refractivity contribution in [2.45, 2.75) is 10.4 Å². The molecule has 0 aliphatic rings. The highest BCUT2D eigenvalue weighted by Crippen LogP contribution is 2.38. The molecule has 0 heterocycles. The van der Waals surface area contributed by atoms with E-state index in [9.17, 15) is 31.5 Å². The number of rotatable bonds is 3. The molecule has 150 valence electrons. The monoisotopic (exact) mass is 438 g/mol. The molecular formula is C17H12ClF5N2O2S. The van der Waals surface area contributed by atoms with Crippen LogP contribution in [0.3, 0.4) is 0 Å². The van der Waals surface area contributed by atoms with Gasteiger partial charge in [-0.15, -0.1) is 0 Å². The molecule has 11 heteroatoms. The van der Waals surface area contributed by atoms with Crippen LogP contribution in [0.2, 0.25) is 5.02 Å². The van der Waals surface area contributed by atoms with Gasteiger partial charge in [-0.05, 0) is 42.1 Å². The maximum Gasteiger partial charge on any atom is 0.446 e. The van der Waals surface area contributed by atoms with E-state index in [1.165, 1.54) is 12.1 Å². The lowest BCUT2D eigenvalue weighted by atomic mass is 10.2. The van der Waals surface area contributed by atoms with Crippen LogP contribution < -0.4 is 4.90 Å². The number of urea groups is 1. The predicted octanol–water partition coefficient (Wildman–Crippen LogP) is 5.56. The number of anilines is 1. The zero-order chi connectivity index (χ0) is 21.2. The van der Waals surface area contributed by atoms with Crippen LogP contribution in [-0.4, -0.2) is 36.4 Å². The normalized spacial score (nSPS) is 11.3. The number of alkyl halides is 3. The lowest BCUT2D eigenvalue weighted by Gasteiger charge is -2.24. The maximum absolute atomic E-state index is 14.2. The number of amides is 3. The third-order valence-electron chi connectivity index (χ3n) is 3.57. The van der Waals surface area contributed by atoms with Gasteiger partial charge in [-0.25, -0.2) is 13.6 Å². The quantitative estimate of drug-likeness (QED) is 0.465. The minimum Gasteiger partial charge on any atom is -0.294 e. The number of benzene rings is 2.